The highest BCUT2D eigenvalue weighted by atomic mass is 16.5. The van der Waals surface area contributed by atoms with Gasteiger partial charge in [0, 0.05) is 12.6 Å². The van der Waals surface area contributed by atoms with Crippen LogP contribution in [0.4, 0.5) is 0 Å². The Morgan fingerprint density at radius 2 is 1.50 bits per heavy atom. The zero-order valence-electron chi connectivity index (χ0n) is 15.4. The molecule has 138 valence electrons. The van der Waals surface area contributed by atoms with Gasteiger partial charge in [-0.3, -0.25) is 4.79 Å². The van der Waals surface area contributed by atoms with Gasteiger partial charge < -0.3 is 24.3 Å². The molecule has 0 aliphatic rings. The zero-order valence-corrected chi connectivity index (χ0v) is 15.4. The predicted molar refractivity (Wildman–Crippen MR) is 100.0 cm³/mol. The zero-order chi connectivity index (χ0) is 18.9. The maximum atomic E-state index is 12.1. The maximum Gasteiger partial charge on any atom is 0.244 e. The van der Waals surface area contributed by atoms with Gasteiger partial charge in [0.15, 0.2) is 11.5 Å². The van der Waals surface area contributed by atoms with Crippen molar-refractivity contribution in [3.05, 3.63) is 53.6 Å². The van der Waals surface area contributed by atoms with E-state index in [1.54, 1.807) is 40.6 Å². The molecular formula is C20H23NO5. The summed E-state index contributed by atoms with van der Waals surface area (Å²) in [6.07, 6.45) is 3.11. The Kier molecular flexibility index (Phi) is 6.91. The third kappa shape index (κ3) is 4.69. The summed E-state index contributed by atoms with van der Waals surface area (Å²) < 4.78 is 21.1. The topological polar surface area (TPSA) is 66.0 Å². The van der Waals surface area contributed by atoms with Gasteiger partial charge in [0.05, 0.1) is 34.0 Å². The standard InChI is InChI=1S/C20H23NO5/c1-23-16-6-5-7-17(24-2)15(16)9-11-20(22)21-13-14-8-10-18(25-3)19(12-14)26-4/h5-12H,13H2,1-4H3,(H,21,22)/b11-9+. The molecule has 0 aromatic heterocycles. The number of benzene rings is 2. The molecule has 0 aliphatic heterocycles. The first-order chi connectivity index (χ1) is 12.6. The molecule has 0 radical (unpaired) electrons. The molecule has 0 saturated carbocycles. The number of carbonyl (C=O) groups excluding carboxylic acids is 1. The molecule has 0 bridgehead atoms. The van der Waals surface area contributed by atoms with Crippen LogP contribution in [0.2, 0.25) is 0 Å². The molecule has 6 heteroatoms. The highest BCUT2D eigenvalue weighted by Gasteiger charge is 2.08. The lowest BCUT2D eigenvalue weighted by Crippen LogP contribution is -2.20. The van der Waals surface area contributed by atoms with Crippen molar-refractivity contribution in [1.82, 2.24) is 5.32 Å². The SMILES string of the molecule is COc1ccc(CNC(=O)/C=C/c2c(OC)cccc2OC)cc1OC. The van der Waals surface area contributed by atoms with Crippen molar-refractivity contribution >= 4 is 12.0 Å². The molecule has 2 aromatic rings. The molecule has 0 spiro atoms. The van der Waals surface area contributed by atoms with Gasteiger partial charge in [-0.1, -0.05) is 12.1 Å². The number of nitrogens with one attached hydrogen (secondary N) is 1. The highest BCUT2D eigenvalue weighted by Crippen LogP contribution is 2.29. The van der Waals surface area contributed by atoms with E-state index >= 15 is 0 Å². The van der Waals surface area contributed by atoms with Gasteiger partial charge in [0.2, 0.25) is 5.91 Å². The molecule has 6 nitrogen and oxygen atoms in total. The lowest BCUT2D eigenvalue weighted by atomic mass is 10.1. The second-order valence-corrected chi connectivity index (χ2v) is 5.32. The monoisotopic (exact) mass is 357 g/mol. The summed E-state index contributed by atoms with van der Waals surface area (Å²) in [7, 11) is 6.30. The molecule has 0 aliphatic carbocycles. The van der Waals surface area contributed by atoms with Crippen LogP contribution in [0.15, 0.2) is 42.5 Å². The summed E-state index contributed by atoms with van der Waals surface area (Å²) in [5.41, 5.74) is 1.61. The summed E-state index contributed by atoms with van der Waals surface area (Å²) in [6.45, 7) is 0.368. The van der Waals surface area contributed by atoms with Crippen LogP contribution in [0.3, 0.4) is 0 Å². The van der Waals surface area contributed by atoms with Gasteiger partial charge in [0.25, 0.3) is 0 Å². The highest BCUT2D eigenvalue weighted by molar-refractivity contribution is 5.92. The number of rotatable bonds is 8. The van der Waals surface area contributed by atoms with E-state index in [2.05, 4.69) is 5.32 Å². The smallest absolute Gasteiger partial charge is 0.244 e. The van der Waals surface area contributed by atoms with Crippen LogP contribution in [-0.4, -0.2) is 34.3 Å². The molecule has 0 unspecified atom stereocenters. The third-order valence-electron chi connectivity index (χ3n) is 3.78. The van der Waals surface area contributed by atoms with Crippen molar-refractivity contribution in [3.8, 4) is 23.0 Å². The van der Waals surface area contributed by atoms with E-state index in [4.69, 9.17) is 18.9 Å². The molecule has 2 aromatic carbocycles. The van der Waals surface area contributed by atoms with E-state index in [0.717, 1.165) is 5.56 Å². The molecule has 1 amide bonds. The summed E-state index contributed by atoms with van der Waals surface area (Å²) in [4.78, 5) is 12.1. The second kappa shape index (κ2) is 9.36. The van der Waals surface area contributed by atoms with Crippen LogP contribution in [0, 0.1) is 0 Å². The first kappa shape index (κ1) is 19.2. The van der Waals surface area contributed by atoms with E-state index in [1.165, 1.54) is 6.08 Å². The Bertz CT molecular complexity index is 764. The molecule has 1 N–H and O–H groups in total. The molecule has 0 atom stereocenters. The first-order valence-corrected chi connectivity index (χ1v) is 8.00. The summed E-state index contributed by atoms with van der Waals surface area (Å²) in [5.74, 6) is 2.30. The van der Waals surface area contributed by atoms with Gasteiger partial charge in [-0.05, 0) is 35.9 Å². The Balaban J connectivity index is 2.05. The van der Waals surface area contributed by atoms with E-state index in [1.807, 2.05) is 30.3 Å². The summed E-state index contributed by atoms with van der Waals surface area (Å²) in [6, 6.07) is 10.9. The van der Waals surface area contributed by atoms with E-state index < -0.39 is 0 Å². The Morgan fingerprint density at radius 1 is 0.885 bits per heavy atom. The predicted octanol–water partition coefficient (Wildman–Crippen LogP) is 3.05. The lowest BCUT2D eigenvalue weighted by molar-refractivity contribution is -0.116. The van der Waals surface area contributed by atoms with Gasteiger partial charge in [0.1, 0.15) is 11.5 Å². The minimum Gasteiger partial charge on any atom is -0.496 e. The summed E-state index contributed by atoms with van der Waals surface area (Å²) in [5, 5.41) is 2.83. The van der Waals surface area contributed by atoms with Crippen LogP contribution in [0.1, 0.15) is 11.1 Å². The fourth-order valence-electron chi connectivity index (χ4n) is 2.44. The average Bonchev–Trinajstić information content (AvgIpc) is 2.69. The van der Waals surface area contributed by atoms with Crippen LogP contribution in [-0.2, 0) is 11.3 Å². The quantitative estimate of drug-likeness (QED) is 0.736. The normalized spacial score (nSPS) is 10.5. The first-order valence-electron chi connectivity index (χ1n) is 8.00. The van der Waals surface area contributed by atoms with Crippen LogP contribution in [0.5, 0.6) is 23.0 Å². The number of hydrogen-bond acceptors (Lipinski definition) is 5. The second-order valence-electron chi connectivity index (χ2n) is 5.32. The molecule has 0 saturated heterocycles. The van der Waals surface area contributed by atoms with Crippen LogP contribution in [0.25, 0.3) is 6.08 Å². The van der Waals surface area contributed by atoms with Crippen molar-refractivity contribution in [2.24, 2.45) is 0 Å². The average molecular weight is 357 g/mol. The third-order valence-corrected chi connectivity index (χ3v) is 3.78. The fourth-order valence-corrected chi connectivity index (χ4v) is 2.44. The van der Waals surface area contributed by atoms with Crippen LogP contribution < -0.4 is 24.3 Å². The molecule has 0 heterocycles. The van der Waals surface area contributed by atoms with Crippen molar-refractivity contribution in [2.45, 2.75) is 6.54 Å². The van der Waals surface area contributed by atoms with E-state index in [0.29, 0.717) is 35.1 Å². The Hall–Kier alpha value is -3.15. The maximum absolute atomic E-state index is 12.1. The molecule has 0 fully saturated rings. The minimum absolute atomic E-state index is 0.229. The summed E-state index contributed by atoms with van der Waals surface area (Å²) >= 11 is 0. The van der Waals surface area contributed by atoms with Crippen molar-refractivity contribution in [1.29, 1.82) is 0 Å². The van der Waals surface area contributed by atoms with Crippen LogP contribution >= 0.6 is 0 Å². The Labute approximate surface area is 153 Å². The fraction of sp³-hybridized carbons (Fsp3) is 0.250. The number of methoxy groups -OCH3 is 4. The molecular weight excluding hydrogens is 334 g/mol. The molecule has 26 heavy (non-hydrogen) atoms. The Morgan fingerprint density at radius 3 is 2.08 bits per heavy atom. The van der Waals surface area contributed by atoms with Gasteiger partial charge in [-0.15, -0.1) is 0 Å². The van der Waals surface area contributed by atoms with Gasteiger partial charge in [-0.25, -0.2) is 0 Å². The van der Waals surface area contributed by atoms with Crippen molar-refractivity contribution in [3.63, 3.8) is 0 Å². The largest absolute Gasteiger partial charge is 0.496 e. The number of ether oxygens (including phenoxy) is 4. The van der Waals surface area contributed by atoms with E-state index in [-0.39, 0.29) is 5.91 Å². The van der Waals surface area contributed by atoms with Gasteiger partial charge in [-0.2, -0.15) is 0 Å². The molecule has 2 rings (SSSR count). The van der Waals surface area contributed by atoms with Gasteiger partial charge >= 0.3 is 0 Å². The van der Waals surface area contributed by atoms with Crippen molar-refractivity contribution < 1.29 is 23.7 Å². The minimum atomic E-state index is -0.229. The van der Waals surface area contributed by atoms with Crippen molar-refractivity contribution in [2.75, 3.05) is 28.4 Å². The number of hydrogen-bond donors (Lipinski definition) is 1. The number of carbonyl (C=O) groups is 1. The lowest BCUT2D eigenvalue weighted by Gasteiger charge is -2.10. The number of amides is 1. The van der Waals surface area contributed by atoms with E-state index in [9.17, 15) is 4.79 Å².